The minimum atomic E-state index is -4.74. The van der Waals surface area contributed by atoms with Gasteiger partial charge in [0.15, 0.2) is 0 Å². The summed E-state index contributed by atoms with van der Waals surface area (Å²) in [6.07, 6.45) is -1.18. The Balaban J connectivity index is 2.09. The first-order chi connectivity index (χ1) is 17.9. The van der Waals surface area contributed by atoms with Crippen LogP contribution < -0.4 is 9.64 Å². The zero-order chi connectivity index (χ0) is 28.1. The van der Waals surface area contributed by atoms with Crippen LogP contribution in [0.1, 0.15) is 50.7 Å². The lowest BCUT2D eigenvalue weighted by molar-refractivity contribution is -0.137. The number of thiazole rings is 1. The van der Waals surface area contributed by atoms with Gasteiger partial charge in [-0.15, -0.1) is 10.2 Å². The van der Waals surface area contributed by atoms with E-state index in [-0.39, 0.29) is 21.0 Å². The average molecular weight is 570 g/mol. The van der Waals surface area contributed by atoms with E-state index in [1.165, 1.54) is 25.3 Å². The van der Waals surface area contributed by atoms with Gasteiger partial charge in [-0.1, -0.05) is 38.0 Å². The summed E-state index contributed by atoms with van der Waals surface area (Å²) in [4.78, 5) is 5.51. The third-order valence-electron chi connectivity index (χ3n) is 5.63. The summed E-state index contributed by atoms with van der Waals surface area (Å²) in [5, 5.41) is 16.9. The summed E-state index contributed by atoms with van der Waals surface area (Å²) in [5.41, 5.74) is -1.47. The van der Waals surface area contributed by atoms with Crippen LogP contribution in [0.3, 0.4) is 0 Å². The highest BCUT2D eigenvalue weighted by molar-refractivity contribution is 7.86. The van der Waals surface area contributed by atoms with Gasteiger partial charge in [0.25, 0.3) is 10.1 Å². The van der Waals surface area contributed by atoms with E-state index in [4.69, 9.17) is 10.00 Å². The minimum Gasteiger partial charge on any atom is -0.495 e. The fourth-order valence-electron chi connectivity index (χ4n) is 3.71. The van der Waals surface area contributed by atoms with E-state index in [1.54, 1.807) is 0 Å². The number of aromatic nitrogens is 1. The number of fused-ring (bicyclic) bond motifs is 1. The lowest BCUT2D eigenvalue weighted by atomic mass is 10.1. The highest BCUT2D eigenvalue weighted by atomic mass is 32.2. The van der Waals surface area contributed by atoms with Gasteiger partial charge >= 0.3 is 6.18 Å². The van der Waals surface area contributed by atoms with Gasteiger partial charge in [-0.2, -0.15) is 26.9 Å². The van der Waals surface area contributed by atoms with Crippen LogP contribution >= 0.6 is 11.3 Å². The SMILES string of the molecule is CCCCN(CCCC)c1cc(S(=O)(=O)O)c(N=Nc2nc3cc(C(F)(F)F)c(C#N)cc3s2)cc1OC. The van der Waals surface area contributed by atoms with Crippen LogP contribution in [0, 0.1) is 11.3 Å². The van der Waals surface area contributed by atoms with Crippen molar-refractivity contribution in [2.75, 3.05) is 25.1 Å². The quantitative estimate of drug-likeness (QED) is 0.190. The topological polar surface area (TPSA) is 128 Å². The van der Waals surface area contributed by atoms with Crippen LogP contribution in [0.15, 0.2) is 39.4 Å². The fourth-order valence-corrected chi connectivity index (χ4v) is 5.15. The molecule has 0 atom stereocenters. The van der Waals surface area contributed by atoms with E-state index in [9.17, 15) is 26.1 Å². The van der Waals surface area contributed by atoms with Crippen molar-refractivity contribution in [2.45, 2.75) is 50.6 Å². The van der Waals surface area contributed by atoms with Gasteiger partial charge in [0, 0.05) is 19.2 Å². The number of rotatable bonds is 11. The molecule has 0 saturated heterocycles. The number of azo groups is 1. The summed E-state index contributed by atoms with van der Waals surface area (Å²) >= 11 is 0.873. The molecule has 204 valence electrons. The van der Waals surface area contributed by atoms with Crippen LogP contribution in [0.25, 0.3) is 10.2 Å². The summed E-state index contributed by atoms with van der Waals surface area (Å²) in [5.74, 6) is 0.316. The van der Waals surface area contributed by atoms with Crippen LogP contribution in [0.4, 0.5) is 29.7 Å². The fraction of sp³-hybridized carbons (Fsp3) is 0.417. The van der Waals surface area contributed by atoms with Crippen LogP contribution in [-0.4, -0.2) is 38.2 Å². The maximum atomic E-state index is 13.3. The number of anilines is 1. The van der Waals surface area contributed by atoms with Crippen molar-refractivity contribution >= 4 is 48.2 Å². The molecule has 9 nitrogen and oxygen atoms in total. The van der Waals surface area contributed by atoms with Gasteiger partial charge < -0.3 is 9.64 Å². The molecule has 0 saturated carbocycles. The van der Waals surface area contributed by atoms with Crippen molar-refractivity contribution in [1.29, 1.82) is 5.26 Å². The average Bonchev–Trinajstić information content (AvgIpc) is 3.27. The van der Waals surface area contributed by atoms with Gasteiger partial charge in [-0.3, -0.25) is 4.55 Å². The van der Waals surface area contributed by atoms with Crippen molar-refractivity contribution in [3.63, 3.8) is 0 Å². The Bertz CT molecular complexity index is 1470. The molecule has 1 heterocycles. The minimum absolute atomic E-state index is 0.0410. The van der Waals surface area contributed by atoms with Crippen molar-refractivity contribution in [3.05, 3.63) is 35.4 Å². The largest absolute Gasteiger partial charge is 0.495 e. The number of nitrogens with zero attached hydrogens (tertiary/aromatic N) is 5. The standard InChI is InChI=1S/C24H26F3N5O4S2/c1-4-6-8-32(9-7-5-2)19-13-22(38(33,34)35)18(12-20(19)36-3)30-31-23-29-17-11-16(24(25,26)27)15(14-28)10-21(17)37-23/h10-13H,4-9H2,1-3H3,(H,33,34,35). The summed E-state index contributed by atoms with van der Waals surface area (Å²) in [6.45, 7) is 5.37. The molecule has 0 aliphatic rings. The second-order valence-electron chi connectivity index (χ2n) is 8.33. The molecule has 0 fully saturated rings. The number of hydrogen-bond acceptors (Lipinski definition) is 9. The third-order valence-corrected chi connectivity index (χ3v) is 7.41. The van der Waals surface area contributed by atoms with E-state index < -0.39 is 32.3 Å². The van der Waals surface area contributed by atoms with Gasteiger partial charge in [0.2, 0.25) is 5.13 Å². The van der Waals surface area contributed by atoms with Crippen LogP contribution in [0.5, 0.6) is 5.75 Å². The number of unbranched alkanes of at least 4 members (excludes halogenated alkanes) is 2. The molecule has 0 bridgehead atoms. The van der Waals surface area contributed by atoms with E-state index in [1.807, 2.05) is 18.7 Å². The molecular weight excluding hydrogens is 543 g/mol. The summed E-state index contributed by atoms with van der Waals surface area (Å²) < 4.78 is 80.0. The molecule has 0 spiro atoms. The predicted molar refractivity (Wildman–Crippen MR) is 138 cm³/mol. The molecule has 0 amide bonds. The monoisotopic (exact) mass is 569 g/mol. The highest BCUT2D eigenvalue weighted by Crippen LogP contribution is 2.40. The number of methoxy groups -OCH3 is 1. The first-order valence-electron chi connectivity index (χ1n) is 11.7. The Morgan fingerprint density at radius 3 is 2.32 bits per heavy atom. The third kappa shape index (κ3) is 6.77. The molecule has 0 unspecified atom stereocenters. The van der Waals surface area contributed by atoms with Crippen LogP contribution in [0.2, 0.25) is 0 Å². The Morgan fingerprint density at radius 1 is 1.13 bits per heavy atom. The molecule has 0 radical (unpaired) electrons. The molecular formula is C24H26F3N5O4S2. The molecule has 1 N–H and O–H groups in total. The van der Waals surface area contributed by atoms with Crippen LogP contribution in [-0.2, 0) is 16.3 Å². The number of nitriles is 1. The first kappa shape index (κ1) is 29.3. The summed E-state index contributed by atoms with van der Waals surface area (Å²) in [7, 11) is -3.31. The second-order valence-corrected chi connectivity index (χ2v) is 10.7. The molecule has 1 aromatic heterocycles. The zero-order valence-electron chi connectivity index (χ0n) is 20.9. The molecule has 3 aromatic rings. The Morgan fingerprint density at radius 2 is 1.79 bits per heavy atom. The molecule has 0 aliphatic carbocycles. The van der Waals surface area contributed by atoms with Gasteiger partial charge in [0.1, 0.15) is 16.3 Å². The van der Waals surface area contributed by atoms with Crippen molar-refractivity contribution in [2.24, 2.45) is 10.2 Å². The Labute approximate surface area is 222 Å². The van der Waals surface area contributed by atoms with Crippen molar-refractivity contribution < 1.29 is 30.9 Å². The zero-order valence-corrected chi connectivity index (χ0v) is 22.5. The highest BCUT2D eigenvalue weighted by Gasteiger charge is 2.34. The van der Waals surface area contributed by atoms with E-state index in [2.05, 4.69) is 15.2 Å². The molecule has 3 rings (SSSR count). The van der Waals surface area contributed by atoms with Crippen molar-refractivity contribution in [1.82, 2.24) is 4.98 Å². The maximum absolute atomic E-state index is 13.3. The lowest BCUT2D eigenvalue weighted by Crippen LogP contribution is -2.26. The number of hydrogen-bond donors (Lipinski definition) is 1. The molecule has 0 aliphatic heterocycles. The second kappa shape index (κ2) is 12.1. The first-order valence-corrected chi connectivity index (χ1v) is 14.0. The molecule has 38 heavy (non-hydrogen) atoms. The smallest absolute Gasteiger partial charge is 0.417 e. The van der Waals surface area contributed by atoms with E-state index in [0.29, 0.717) is 24.5 Å². The maximum Gasteiger partial charge on any atom is 0.417 e. The Kier molecular flexibility index (Phi) is 9.29. The van der Waals surface area contributed by atoms with Crippen molar-refractivity contribution in [3.8, 4) is 11.8 Å². The predicted octanol–water partition coefficient (Wildman–Crippen LogP) is 7.26. The number of halogens is 3. The Hall–Kier alpha value is -3.28. The van der Waals surface area contributed by atoms with Gasteiger partial charge in [0.05, 0.1) is 40.2 Å². The molecule has 2 aromatic carbocycles. The number of alkyl halides is 3. The lowest BCUT2D eigenvalue weighted by Gasteiger charge is -2.27. The van der Waals surface area contributed by atoms with E-state index >= 15 is 0 Å². The van der Waals surface area contributed by atoms with Gasteiger partial charge in [-0.25, -0.2) is 4.98 Å². The van der Waals surface area contributed by atoms with Gasteiger partial charge in [-0.05, 0) is 31.0 Å². The number of ether oxygens (including phenoxy) is 1. The number of benzene rings is 2. The normalized spacial score (nSPS) is 12.3. The molecule has 14 heteroatoms. The van der Waals surface area contributed by atoms with E-state index in [0.717, 1.165) is 49.2 Å². The summed E-state index contributed by atoms with van der Waals surface area (Å²) in [6, 6.07) is 5.96.